The smallest absolute Gasteiger partial charge is 0.269 e. The maximum absolute atomic E-state index is 12.7. The van der Waals surface area contributed by atoms with Crippen molar-refractivity contribution in [2.45, 2.75) is 6.92 Å². The number of benzene rings is 2. The lowest BCUT2D eigenvalue weighted by Crippen LogP contribution is -2.46. The van der Waals surface area contributed by atoms with Gasteiger partial charge in [-0.25, -0.2) is 9.36 Å². The zero-order valence-corrected chi connectivity index (χ0v) is 13.4. The molecule has 1 aromatic heterocycles. The van der Waals surface area contributed by atoms with Crippen LogP contribution in [-0.2, 0) is 0 Å². The maximum Gasteiger partial charge on any atom is 0.345 e. The molecule has 0 unspecified atom stereocenters. The van der Waals surface area contributed by atoms with E-state index in [4.69, 9.17) is 0 Å². The van der Waals surface area contributed by atoms with Crippen LogP contribution in [0.1, 0.15) is 26.4 Å². The van der Waals surface area contributed by atoms with E-state index in [1.54, 1.807) is 48.5 Å². The highest BCUT2D eigenvalue weighted by molar-refractivity contribution is 5.98. The molecule has 0 aliphatic rings. The molecular weight excluding hydrogens is 320 g/mol. The minimum atomic E-state index is -0.979. The second kappa shape index (κ2) is 6.52. The average molecular weight is 334 g/mol. The van der Waals surface area contributed by atoms with E-state index >= 15 is 0 Å². The minimum Gasteiger partial charge on any atom is -0.269 e. The summed E-state index contributed by atoms with van der Waals surface area (Å²) < 4.78 is 1.31. The van der Waals surface area contributed by atoms with Gasteiger partial charge in [0.2, 0.25) is 0 Å². The number of carbonyl (C=O) groups excluding carboxylic acids is 2. The van der Waals surface area contributed by atoms with E-state index in [0.29, 0.717) is 4.57 Å². The number of hydrogen-bond donors (Lipinski definition) is 0. The Morgan fingerprint density at radius 1 is 0.720 bits per heavy atom. The lowest BCUT2D eigenvalue weighted by molar-refractivity contribution is 0.0929. The molecule has 0 fully saturated rings. The van der Waals surface area contributed by atoms with Gasteiger partial charge < -0.3 is 0 Å². The Labute approximate surface area is 142 Å². The van der Waals surface area contributed by atoms with Crippen LogP contribution in [0.3, 0.4) is 0 Å². The molecule has 0 aliphatic heterocycles. The van der Waals surface area contributed by atoms with Crippen molar-refractivity contribution in [2.24, 2.45) is 0 Å². The zero-order valence-electron chi connectivity index (χ0n) is 13.4. The molecule has 25 heavy (non-hydrogen) atoms. The van der Waals surface area contributed by atoms with E-state index < -0.39 is 23.1 Å². The Morgan fingerprint density at radius 3 is 1.64 bits per heavy atom. The van der Waals surface area contributed by atoms with Crippen molar-refractivity contribution in [1.29, 1.82) is 0 Å². The fourth-order valence-corrected chi connectivity index (χ4v) is 2.51. The SMILES string of the molecule is Cc1cc(=O)n(C(=O)c2ccccc2)c(=O)n1C(=O)c1ccccc1. The Balaban J connectivity index is 2.20. The average Bonchev–Trinajstić information content (AvgIpc) is 2.62. The first-order valence-corrected chi connectivity index (χ1v) is 7.56. The van der Waals surface area contributed by atoms with Crippen LogP contribution in [0.2, 0.25) is 0 Å². The first-order valence-electron chi connectivity index (χ1n) is 7.56. The van der Waals surface area contributed by atoms with E-state index in [0.717, 1.165) is 10.6 Å². The van der Waals surface area contributed by atoms with Crippen molar-refractivity contribution in [2.75, 3.05) is 0 Å². The van der Waals surface area contributed by atoms with E-state index in [9.17, 15) is 19.2 Å². The lowest BCUT2D eigenvalue weighted by atomic mass is 10.2. The highest BCUT2D eigenvalue weighted by atomic mass is 16.2. The number of aromatic nitrogens is 2. The van der Waals surface area contributed by atoms with Crippen LogP contribution < -0.4 is 11.2 Å². The molecular formula is C19H14N2O4. The van der Waals surface area contributed by atoms with Gasteiger partial charge in [-0.2, -0.15) is 4.57 Å². The second-order valence-corrected chi connectivity index (χ2v) is 5.42. The van der Waals surface area contributed by atoms with Gasteiger partial charge in [0.05, 0.1) is 0 Å². The highest BCUT2D eigenvalue weighted by Crippen LogP contribution is 2.04. The minimum absolute atomic E-state index is 0.168. The number of carbonyl (C=O) groups is 2. The maximum atomic E-state index is 12.7. The van der Waals surface area contributed by atoms with Crippen LogP contribution in [0.5, 0.6) is 0 Å². The van der Waals surface area contributed by atoms with Crippen LogP contribution >= 0.6 is 0 Å². The van der Waals surface area contributed by atoms with Crippen LogP contribution in [0.25, 0.3) is 0 Å². The summed E-state index contributed by atoms with van der Waals surface area (Å²) >= 11 is 0. The van der Waals surface area contributed by atoms with Crippen molar-refractivity contribution in [3.63, 3.8) is 0 Å². The van der Waals surface area contributed by atoms with Gasteiger partial charge in [0, 0.05) is 22.9 Å². The van der Waals surface area contributed by atoms with Crippen molar-refractivity contribution < 1.29 is 9.59 Å². The summed E-state index contributed by atoms with van der Waals surface area (Å²) in [7, 11) is 0. The molecule has 0 spiro atoms. The third-order valence-electron chi connectivity index (χ3n) is 3.74. The standard InChI is InChI=1S/C19H14N2O4/c1-13-12-16(22)21(18(24)15-10-6-3-7-11-15)19(25)20(13)17(23)14-8-4-2-5-9-14/h2-12H,1H3. The Hall–Kier alpha value is -3.54. The summed E-state index contributed by atoms with van der Waals surface area (Å²) in [5, 5.41) is 0. The molecule has 3 rings (SSSR count). The molecule has 0 aliphatic carbocycles. The molecule has 6 heteroatoms. The van der Waals surface area contributed by atoms with Gasteiger partial charge in [-0.1, -0.05) is 36.4 Å². The third kappa shape index (κ3) is 2.97. The van der Waals surface area contributed by atoms with E-state index in [2.05, 4.69) is 0 Å². The van der Waals surface area contributed by atoms with Crippen molar-refractivity contribution >= 4 is 11.8 Å². The fourth-order valence-electron chi connectivity index (χ4n) is 2.51. The first-order chi connectivity index (χ1) is 12.0. The zero-order chi connectivity index (χ0) is 18.0. The summed E-state index contributed by atoms with van der Waals surface area (Å²) in [6, 6.07) is 17.2. The molecule has 124 valence electrons. The Morgan fingerprint density at radius 2 is 1.16 bits per heavy atom. The summed E-state index contributed by atoms with van der Waals surface area (Å²) in [5.41, 5.74) is -1.11. The number of rotatable bonds is 2. The highest BCUT2D eigenvalue weighted by Gasteiger charge is 2.20. The lowest BCUT2D eigenvalue weighted by Gasteiger charge is -2.11. The van der Waals surface area contributed by atoms with Crippen molar-refractivity contribution in [1.82, 2.24) is 9.13 Å². The first kappa shape index (κ1) is 16.3. The molecule has 0 amide bonds. The van der Waals surface area contributed by atoms with Crippen LogP contribution in [0, 0.1) is 6.92 Å². The molecule has 0 saturated heterocycles. The fraction of sp³-hybridized carbons (Fsp3) is 0.0526. The topological polar surface area (TPSA) is 78.1 Å². The van der Waals surface area contributed by atoms with Gasteiger partial charge in [-0.15, -0.1) is 0 Å². The van der Waals surface area contributed by atoms with Crippen molar-refractivity contribution in [3.8, 4) is 0 Å². The molecule has 2 aromatic carbocycles. The summed E-state index contributed by atoms with van der Waals surface area (Å²) in [6.07, 6.45) is 0. The van der Waals surface area contributed by atoms with Crippen LogP contribution in [0.4, 0.5) is 0 Å². The van der Waals surface area contributed by atoms with Gasteiger partial charge in [0.25, 0.3) is 17.4 Å². The number of hydrogen-bond acceptors (Lipinski definition) is 4. The summed E-state index contributed by atoms with van der Waals surface area (Å²) in [6.45, 7) is 1.47. The predicted molar refractivity (Wildman–Crippen MR) is 92.0 cm³/mol. The molecule has 3 aromatic rings. The second-order valence-electron chi connectivity index (χ2n) is 5.42. The molecule has 0 saturated carbocycles. The summed E-state index contributed by atoms with van der Waals surface area (Å²) in [5.74, 6) is -1.37. The van der Waals surface area contributed by atoms with E-state index in [-0.39, 0.29) is 16.8 Å². The van der Waals surface area contributed by atoms with Crippen molar-refractivity contribution in [3.05, 3.63) is 104 Å². The van der Waals surface area contributed by atoms with Gasteiger partial charge in [-0.05, 0) is 31.2 Å². The normalized spacial score (nSPS) is 10.4. The Kier molecular flexibility index (Phi) is 4.26. The largest absolute Gasteiger partial charge is 0.345 e. The monoisotopic (exact) mass is 334 g/mol. The van der Waals surface area contributed by atoms with E-state index in [1.807, 2.05) is 0 Å². The van der Waals surface area contributed by atoms with Gasteiger partial charge in [0.15, 0.2) is 0 Å². The molecule has 6 nitrogen and oxygen atoms in total. The third-order valence-corrected chi connectivity index (χ3v) is 3.74. The van der Waals surface area contributed by atoms with Gasteiger partial charge >= 0.3 is 5.69 Å². The molecule has 0 bridgehead atoms. The molecule has 0 atom stereocenters. The van der Waals surface area contributed by atoms with E-state index in [1.165, 1.54) is 19.1 Å². The molecule has 1 heterocycles. The predicted octanol–water partition coefficient (Wildman–Crippen LogP) is 1.70. The molecule has 0 N–H and O–H groups in total. The van der Waals surface area contributed by atoms with Gasteiger partial charge in [-0.3, -0.25) is 14.4 Å². The van der Waals surface area contributed by atoms with Crippen LogP contribution in [-0.4, -0.2) is 20.9 Å². The van der Waals surface area contributed by atoms with Gasteiger partial charge in [0.1, 0.15) is 0 Å². The number of nitrogens with zero attached hydrogens (tertiary/aromatic N) is 2. The summed E-state index contributed by atoms with van der Waals surface area (Å²) in [4.78, 5) is 50.1. The molecule has 0 radical (unpaired) electrons. The van der Waals surface area contributed by atoms with Crippen LogP contribution in [0.15, 0.2) is 76.3 Å². The quantitative estimate of drug-likeness (QED) is 0.714. The number of aryl methyl sites for hydroxylation is 1. The Bertz CT molecular complexity index is 1060.